The Labute approximate surface area is 326 Å². The first kappa shape index (κ1) is 40.0. The Bertz CT molecular complexity index is 1680. The lowest BCUT2D eigenvalue weighted by Crippen LogP contribution is -2.61. The van der Waals surface area contributed by atoms with Crippen molar-refractivity contribution in [1.82, 2.24) is 33.3 Å². The van der Waals surface area contributed by atoms with Gasteiger partial charge in [0, 0.05) is 95.1 Å². The quantitative estimate of drug-likeness (QED) is 0.190. The van der Waals surface area contributed by atoms with E-state index in [1.807, 2.05) is 27.7 Å². The number of aromatic nitrogens is 2. The number of alkyl halides is 3. The number of piperidine rings is 2. The van der Waals surface area contributed by atoms with Gasteiger partial charge in [0.1, 0.15) is 17.9 Å². The van der Waals surface area contributed by atoms with Gasteiger partial charge in [-0.2, -0.15) is 13.2 Å². The van der Waals surface area contributed by atoms with Gasteiger partial charge in [-0.25, -0.2) is 23.0 Å². The molecule has 5 aliphatic heterocycles. The van der Waals surface area contributed by atoms with Crippen molar-refractivity contribution in [1.29, 1.82) is 0 Å². The van der Waals surface area contributed by atoms with Gasteiger partial charge in [-0.3, -0.25) is 9.59 Å². The lowest BCUT2D eigenvalue weighted by molar-refractivity contribution is -0.188. The van der Waals surface area contributed by atoms with Crippen molar-refractivity contribution < 1.29 is 31.9 Å². The highest BCUT2D eigenvalue weighted by Gasteiger charge is 2.51. The van der Waals surface area contributed by atoms with Crippen molar-refractivity contribution >= 4 is 29.8 Å². The van der Waals surface area contributed by atoms with Crippen molar-refractivity contribution in [3.8, 4) is 11.5 Å². The van der Waals surface area contributed by atoms with Crippen LogP contribution in [0.15, 0.2) is 30.7 Å². The van der Waals surface area contributed by atoms with E-state index in [2.05, 4.69) is 28.4 Å². The van der Waals surface area contributed by atoms with E-state index in [1.54, 1.807) is 23.2 Å². The number of carbonyl (C=O) groups excluding carboxylic acids is 2. The summed E-state index contributed by atoms with van der Waals surface area (Å²) >= 11 is 1.79. The third-order valence-corrected chi connectivity index (χ3v) is 13.4. The SMILES string of the molecule is CC(C)N(C(=O)c1cc(F)ccc1Oc1cncnc1N1CCC(CCN2CC3(CCN(SN4CC5(CCN(C(=O)C(F)(F)F)CC5)C4)CC3)C2)C1)C(C)C. The molecule has 5 aliphatic rings. The molecule has 6 heterocycles. The zero-order valence-electron chi connectivity index (χ0n) is 32.4. The number of rotatable bonds is 11. The van der Waals surface area contributed by atoms with E-state index in [4.69, 9.17) is 4.74 Å². The molecule has 302 valence electrons. The maximum absolute atomic E-state index is 14.4. The Hall–Kier alpha value is -3.21. The molecule has 16 heteroatoms. The van der Waals surface area contributed by atoms with Crippen molar-refractivity contribution in [3.05, 3.63) is 42.1 Å². The Morgan fingerprint density at radius 1 is 0.927 bits per heavy atom. The second kappa shape index (κ2) is 16.0. The Morgan fingerprint density at radius 2 is 1.58 bits per heavy atom. The van der Waals surface area contributed by atoms with Gasteiger partial charge in [-0.1, -0.05) is 0 Å². The second-order valence-electron chi connectivity index (χ2n) is 17.1. The fraction of sp³-hybridized carbons (Fsp3) is 0.692. The largest absolute Gasteiger partial charge is 0.471 e. The summed E-state index contributed by atoms with van der Waals surface area (Å²) in [5, 5.41) is 0. The topological polar surface area (TPSA) is 88.6 Å². The number of anilines is 1. The molecule has 2 aromatic rings. The van der Waals surface area contributed by atoms with Gasteiger partial charge in [0.05, 0.1) is 11.8 Å². The molecule has 5 fully saturated rings. The predicted octanol–water partition coefficient (Wildman–Crippen LogP) is 6.33. The third kappa shape index (κ3) is 8.86. The van der Waals surface area contributed by atoms with Gasteiger partial charge < -0.3 is 24.3 Å². The monoisotopic (exact) mass is 790 g/mol. The molecule has 2 spiro atoms. The molecule has 0 saturated carbocycles. The van der Waals surface area contributed by atoms with E-state index in [-0.39, 0.29) is 47.8 Å². The highest BCUT2D eigenvalue weighted by Crippen LogP contribution is 2.47. The molecule has 55 heavy (non-hydrogen) atoms. The van der Waals surface area contributed by atoms with Crippen LogP contribution in [0.3, 0.4) is 0 Å². The molecule has 1 aromatic heterocycles. The molecule has 7 rings (SSSR count). The normalized spacial score (nSPS) is 23.1. The van der Waals surface area contributed by atoms with E-state index >= 15 is 0 Å². The number of carbonyl (C=O) groups is 2. The van der Waals surface area contributed by atoms with Gasteiger partial charge in [0.25, 0.3) is 5.91 Å². The van der Waals surface area contributed by atoms with E-state index in [0.717, 1.165) is 76.6 Å². The first-order chi connectivity index (χ1) is 26.1. The van der Waals surface area contributed by atoms with Gasteiger partial charge in [0.15, 0.2) is 11.6 Å². The fourth-order valence-electron chi connectivity index (χ4n) is 9.35. The minimum absolute atomic E-state index is 0.0425. The third-order valence-electron chi connectivity index (χ3n) is 12.3. The van der Waals surface area contributed by atoms with Crippen LogP contribution in [0.1, 0.15) is 76.6 Å². The number of nitrogens with zero attached hydrogens (tertiary/aromatic N) is 8. The summed E-state index contributed by atoms with van der Waals surface area (Å²) in [5.74, 6) is -0.590. The maximum Gasteiger partial charge on any atom is 0.471 e. The average Bonchev–Trinajstić information content (AvgIpc) is 3.59. The van der Waals surface area contributed by atoms with Gasteiger partial charge in [-0.15, -0.1) is 0 Å². The number of halogens is 4. The van der Waals surface area contributed by atoms with Crippen LogP contribution in [0.4, 0.5) is 23.4 Å². The van der Waals surface area contributed by atoms with Crippen LogP contribution in [-0.4, -0.2) is 135 Å². The van der Waals surface area contributed by atoms with Gasteiger partial charge >= 0.3 is 12.1 Å². The molecule has 1 aromatic carbocycles. The molecule has 1 atom stereocenters. The molecule has 5 saturated heterocycles. The minimum Gasteiger partial charge on any atom is -0.451 e. The molecule has 2 amide bonds. The summed E-state index contributed by atoms with van der Waals surface area (Å²) in [6, 6.07) is 3.90. The summed E-state index contributed by atoms with van der Waals surface area (Å²) in [4.78, 5) is 41.5. The van der Waals surface area contributed by atoms with Gasteiger partial charge in [-0.05, 0) is 102 Å². The molecule has 11 nitrogen and oxygen atoms in total. The molecular weight excluding hydrogens is 737 g/mol. The van der Waals surface area contributed by atoms with E-state index in [9.17, 15) is 27.2 Å². The Kier molecular flexibility index (Phi) is 11.6. The van der Waals surface area contributed by atoms with Crippen LogP contribution in [0.2, 0.25) is 0 Å². The van der Waals surface area contributed by atoms with E-state index in [1.165, 1.54) is 37.4 Å². The minimum atomic E-state index is -4.79. The van der Waals surface area contributed by atoms with Crippen LogP contribution in [0.25, 0.3) is 0 Å². The number of hydrogen-bond acceptors (Lipinski definition) is 10. The fourth-order valence-corrected chi connectivity index (χ4v) is 10.7. The number of hydrogen-bond donors (Lipinski definition) is 0. The van der Waals surface area contributed by atoms with E-state index < -0.39 is 17.9 Å². The number of ether oxygens (including phenoxy) is 1. The van der Waals surface area contributed by atoms with Crippen LogP contribution < -0.4 is 9.64 Å². The maximum atomic E-state index is 14.4. The van der Waals surface area contributed by atoms with Crippen LogP contribution in [0, 0.1) is 22.6 Å². The molecule has 0 aliphatic carbocycles. The summed E-state index contributed by atoms with van der Waals surface area (Å²) < 4.78 is 64.0. The lowest BCUT2D eigenvalue weighted by Gasteiger charge is -2.56. The average molecular weight is 791 g/mol. The summed E-state index contributed by atoms with van der Waals surface area (Å²) in [6.45, 7) is 17.0. The smallest absolute Gasteiger partial charge is 0.451 e. The predicted molar refractivity (Wildman–Crippen MR) is 203 cm³/mol. The van der Waals surface area contributed by atoms with Crippen molar-refractivity contribution in [2.45, 2.75) is 84.5 Å². The first-order valence-electron chi connectivity index (χ1n) is 19.7. The lowest BCUT2D eigenvalue weighted by atomic mass is 9.72. The summed E-state index contributed by atoms with van der Waals surface area (Å²) in [6.07, 6.45) is 4.10. The second-order valence-corrected chi connectivity index (χ2v) is 18.2. The Balaban J connectivity index is 0.835. The molecule has 1 unspecified atom stereocenters. The molecule has 0 bridgehead atoms. The molecule has 0 radical (unpaired) electrons. The van der Waals surface area contributed by atoms with Crippen LogP contribution in [0.5, 0.6) is 11.5 Å². The number of amides is 2. The number of benzene rings is 1. The standard InChI is InChI=1S/C39H54F4N8O3S/c1-27(2)51(28(3)4)35(52)31-19-30(40)5-6-32(31)54-33-20-44-26-45-34(33)48-14-8-29(21-48)7-13-46-22-37(23-46)11-17-49(18-12-37)55-50-24-38(25-50)9-15-47(16-10-38)36(53)39(41,42)43/h5-6,19-20,26-29H,7-18,21-25H2,1-4H3. The van der Waals surface area contributed by atoms with E-state index in [0.29, 0.717) is 35.7 Å². The first-order valence-corrected chi connectivity index (χ1v) is 20.5. The number of likely N-dealkylation sites (tertiary alicyclic amines) is 2. The zero-order valence-corrected chi connectivity index (χ0v) is 33.2. The van der Waals surface area contributed by atoms with Crippen LogP contribution in [-0.2, 0) is 4.79 Å². The summed E-state index contributed by atoms with van der Waals surface area (Å²) in [7, 11) is 0. The zero-order chi connectivity index (χ0) is 39.1. The summed E-state index contributed by atoms with van der Waals surface area (Å²) in [5.41, 5.74) is 0.602. The molecule has 0 N–H and O–H groups in total. The van der Waals surface area contributed by atoms with Crippen molar-refractivity contribution in [2.24, 2.45) is 16.7 Å². The van der Waals surface area contributed by atoms with Crippen molar-refractivity contribution in [2.75, 3.05) is 76.9 Å². The molecular formula is C39H54F4N8O3S. The van der Waals surface area contributed by atoms with Gasteiger partial charge in [0.2, 0.25) is 0 Å². The Morgan fingerprint density at radius 3 is 2.24 bits per heavy atom. The highest BCUT2D eigenvalue weighted by atomic mass is 32.2. The van der Waals surface area contributed by atoms with Crippen molar-refractivity contribution in [3.63, 3.8) is 0 Å². The highest BCUT2D eigenvalue weighted by molar-refractivity contribution is 7.94. The van der Waals surface area contributed by atoms with Crippen LogP contribution >= 0.6 is 12.1 Å².